The maximum absolute atomic E-state index is 12.6. The molecule has 1 fully saturated rings. The number of anilines is 1. The van der Waals surface area contributed by atoms with Crippen molar-refractivity contribution in [3.63, 3.8) is 0 Å². The predicted octanol–water partition coefficient (Wildman–Crippen LogP) is 3.01. The van der Waals surface area contributed by atoms with Crippen LogP contribution in [0.3, 0.4) is 0 Å². The van der Waals surface area contributed by atoms with Crippen LogP contribution in [-0.4, -0.2) is 49.2 Å². The molecule has 0 amide bonds. The van der Waals surface area contributed by atoms with Crippen LogP contribution in [0.1, 0.15) is 11.3 Å². The van der Waals surface area contributed by atoms with Crippen LogP contribution in [0.2, 0.25) is 0 Å². The minimum atomic E-state index is -4.28. The highest BCUT2D eigenvalue weighted by Crippen LogP contribution is 2.30. The van der Waals surface area contributed by atoms with Crippen LogP contribution in [0.25, 0.3) is 0 Å². The summed E-state index contributed by atoms with van der Waals surface area (Å²) in [6, 6.07) is 11.3. The van der Waals surface area contributed by atoms with E-state index < -0.39 is 11.7 Å². The van der Waals surface area contributed by atoms with Crippen molar-refractivity contribution in [3.8, 4) is 0 Å². The Balaban J connectivity index is 1.39. The molecule has 2 heterocycles. The molecule has 7 heteroatoms. The van der Waals surface area contributed by atoms with Gasteiger partial charge >= 0.3 is 6.18 Å². The van der Waals surface area contributed by atoms with E-state index in [0.717, 1.165) is 69.3 Å². The van der Waals surface area contributed by atoms with Crippen LogP contribution in [0.4, 0.5) is 18.9 Å². The van der Waals surface area contributed by atoms with Crippen molar-refractivity contribution in [1.29, 1.82) is 0 Å². The van der Waals surface area contributed by atoms with Gasteiger partial charge in [0.05, 0.1) is 11.3 Å². The number of hydrogen-bond donors (Lipinski definition) is 1. The summed E-state index contributed by atoms with van der Waals surface area (Å²) in [5, 5.41) is 3.39. The van der Waals surface area contributed by atoms with Gasteiger partial charge in [-0.05, 0) is 36.4 Å². The topological polar surface area (TPSA) is 31.4 Å². The molecular weight excluding hydrogens is 341 g/mol. The van der Waals surface area contributed by atoms with E-state index >= 15 is 0 Å². The second-order valence-corrected chi connectivity index (χ2v) is 6.37. The second kappa shape index (κ2) is 8.51. The highest BCUT2D eigenvalue weighted by Gasteiger charge is 2.30. The van der Waals surface area contributed by atoms with E-state index in [1.165, 1.54) is 0 Å². The molecule has 4 nitrogen and oxygen atoms in total. The van der Waals surface area contributed by atoms with Gasteiger partial charge in [-0.2, -0.15) is 13.2 Å². The number of aromatic nitrogens is 1. The molecule has 0 radical (unpaired) electrons. The lowest BCUT2D eigenvalue weighted by Crippen LogP contribution is -2.48. The quantitative estimate of drug-likeness (QED) is 0.799. The Morgan fingerprint density at radius 3 is 2.31 bits per heavy atom. The van der Waals surface area contributed by atoms with Crippen molar-refractivity contribution >= 4 is 5.69 Å². The van der Waals surface area contributed by atoms with Gasteiger partial charge in [0.2, 0.25) is 0 Å². The standard InChI is InChI=1S/C19H23F3N4/c20-19(21,22)16-4-6-18(7-5-16)26-13-11-25(12-14-26)10-9-23-15-17-3-1-2-8-24-17/h1-8,23H,9-15H2. The van der Waals surface area contributed by atoms with Crippen molar-refractivity contribution in [2.75, 3.05) is 44.2 Å². The lowest BCUT2D eigenvalue weighted by atomic mass is 10.1. The first-order valence-electron chi connectivity index (χ1n) is 8.77. The Kier molecular flexibility index (Phi) is 6.11. The van der Waals surface area contributed by atoms with Gasteiger partial charge in [0, 0.05) is 57.7 Å². The van der Waals surface area contributed by atoms with Crippen molar-refractivity contribution in [3.05, 3.63) is 59.9 Å². The van der Waals surface area contributed by atoms with Gasteiger partial charge < -0.3 is 10.2 Å². The molecule has 1 aromatic heterocycles. The van der Waals surface area contributed by atoms with Gasteiger partial charge in [0.25, 0.3) is 0 Å². The molecule has 1 aromatic carbocycles. The molecule has 2 aromatic rings. The molecule has 0 atom stereocenters. The zero-order chi connectivity index (χ0) is 18.4. The predicted molar refractivity (Wildman–Crippen MR) is 96.0 cm³/mol. The van der Waals surface area contributed by atoms with E-state index in [-0.39, 0.29) is 0 Å². The SMILES string of the molecule is FC(F)(F)c1ccc(N2CCN(CCNCc3ccccn3)CC2)cc1. The largest absolute Gasteiger partial charge is 0.416 e. The lowest BCUT2D eigenvalue weighted by molar-refractivity contribution is -0.137. The summed E-state index contributed by atoms with van der Waals surface area (Å²) in [5.74, 6) is 0. The molecule has 0 spiro atoms. The number of alkyl halides is 3. The zero-order valence-electron chi connectivity index (χ0n) is 14.5. The number of pyridine rings is 1. The molecule has 3 rings (SSSR count). The molecule has 1 aliphatic rings. The first-order chi connectivity index (χ1) is 12.5. The summed E-state index contributed by atoms with van der Waals surface area (Å²) >= 11 is 0. The summed E-state index contributed by atoms with van der Waals surface area (Å²) < 4.78 is 37.9. The van der Waals surface area contributed by atoms with Crippen LogP contribution in [0.15, 0.2) is 48.7 Å². The first kappa shape index (κ1) is 18.7. The minimum absolute atomic E-state index is 0.598. The number of rotatable bonds is 6. The van der Waals surface area contributed by atoms with Crippen LogP contribution < -0.4 is 10.2 Å². The molecule has 140 valence electrons. The maximum Gasteiger partial charge on any atom is 0.416 e. The van der Waals surface area contributed by atoms with Gasteiger partial charge in [-0.1, -0.05) is 6.07 Å². The van der Waals surface area contributed by atoms with E-state index in [4.69, 9.17) is 0 Å². The molecular formula is C19H23F3N4. The number of benzene rings is 1. The molecule has 1 aliphatic heterocycles. The summed E-state index contributed by atoms with van der Waals surface area (Å²) in [6.45, 7) is 6.06. The smallest absolute Gasteiger partial charge is 0.369 e. The van der Waals surface area contributed by atoms with Crippen molar-refractivity contribution < 1.29 is 13.2 Å². The third kappa shape index (κ3) is 5.19. The van der Waals surface area contributed by atoms with Gasteiger partial charge in [-0.3, -0.25) is 9.88 Å². The van der Waals surface area contributed by atoms with Gasteiger partial charge in [-0.25, -0.2) is 0 Å². The third-order valence-electron chi connectivity index (χ3n) is 4.57. The molecule has 0 bridgehead atoms. The number of hydrogen-bond acceptors (Lipinski definition) is 4. The average molecular weight is 364 g/mol. The van der Waals surface area contributed by atoms with Gasteiger partial charge in [0.1, 0.15) is 0 Å². The van der Waals surface area contributed by atoms with E-state index in [1.54, 1.807) is 18.3 Å². The molecule has 0 saturated carbocycles. The minimum Gasteiger partial charge on any atom is -0.369 e. The van der Waals surface area contributed by atoms with Crippen molar-refractivity contribution in [2.45, 2.75) is 12.7 Å². The number of piperazine rings is 1. The number of nitrogens with zero attached hydrogens (tertiary/aromatic N) is 3. The summed E-state index contributed by atoms with van der Waals surface area (Å²) in [5.41, 5.74) is 1.28. The summed E-state index contributed by atoms with van der Waals surface area (Å²) in [6.07, 6.45) is -2.49. The molecule has 1 saturated heterocycles. The molecule has 0 unspecified atom stereocenters. The Bertz CT molecular complexity index is 665. The fraction of sp³-hybridized carbons (Fsp3) is 0.421. The maximum atomic E-state index is 12.6. The highest BCUT2D eigenvalue weighted by molar-refractivity contribution is 5.48. The Morgan fingerprint density at radius 1 is 0.962 bits per heavy atom. The van der Waals surface area contributed by atoms with Crippen LogP contribution in [-0.2, 0) is 12.7 Å². The molecule has 1 N–H and O–H groups in total. The fourth-order valence-electron chi connectivity index (χ4n) is 3.05. The monoisotopic (exact) mass is 364 g/mol. The third-order valence-corrected chi connectivity index (χ3v) is 4.57. The molecule has 26 heavy (non-hydrogen) atoms. The first-order valence-corrected chi connectivity index (χ1v) is 8.77. The molecule has 0 aliphatic carbocycles. The normalized spacial score (nSPS) is 16.0. The van der Waals surface area contributed by atoms with E-state index in [9.17, 15) is 13.2 Å². The van der Waals surface area contributed by atoms with E-state index in [0.29, 0.717) is 0 Å². The van der Waals surface area contributed by atoms with Crippen LogP contribution in [0, 0.1) is 0 Å². The lowest BCUT2D eigenvalue weighted by Gasteiger charge is -2.36. The van der Waals surface area contributed by atoms with Crippen LogP contribution in [0.5, 0.6) is 0 Å². The zero-order valence-corrected chi connectivity index (χ0v) is 14.5. The number of halogens is 3. The Morgan fingerprint density at radius 2 is 1.69 bits per heavy atom. The van der Waals surface area contributed by atoms with Gasteiger partial charge in [0.15, 0.2) is 0 Å². The second-order valence-electron chi connectivity index (χ2n) is 6.37. The van der Waals surface area contributed by atoms with Crippen molar-refractivity contribution in [2.24, 2.45) is 0 Å². The van der Waals surface area contributed by atoms with E-state index in [1.807, 2.05) is 18.2 Å². The van der Waals surface area contributed by atoms with Crippen molar-refractivity contribution in [1.82, 2.24) is 15.2 Å². The summed E-state index contributed by atoms with van der Waals surface area (Å²) in [4.78, 5) is 8.78. The average Bonchev–Trinajstić information content (AvgIpc) is 2.66. The fourth-order valence-corrected chi connectivity index (χ4v) is 3.05. The van der Waals surface area contributed by atoms with E-state index in [2.05, 4.69) is 20.1 Å². The Hall–Kier alpha value is -2.12. The highest BCUT2D eigenvalue weighted by atomic mass is 19.4. The summed E-state index contributed by atoms with van der Waals surface area (Å²) in [7, 11) is 0. The number of nitrogens with one attached hydrogen (secondary N) is 1. The Labute approximate surface area is 151 Å². The van der Waals surface area contributed by atoms with Crippen LogP contribution >= 0.6 is 0 Å². The van der Waals surface area contributed by atoms with Gasteiger partial charge in [-0.15, -0.1) is 0 Å².